The number of fused-ring (bicyclic) bond motifs is 4. The molecule has 11 rings (SSSR count). The van der Waals surface area contributed by atoms with Gasteiger partial charge in [0.15, 0.2) is 0 Å². The summed E-state index contributed by atoms with van der Waals surface area (Å²) in [7, 11) is 0. The maximum atomic E-state index is 2.56. The van der Waals surface area contributed by atoms with E-state index < -0.39 is 0 Å². The van der Waals surface area contributed by atoms with Gasteiger partial charge in [-0.05, 0) is 146 Å². The molecule has 0 saturated carbocycles. The highest BCUT2D eigenvalue weighted by atomic mass is 15.2. The fourth-order valence-electron chi connectivity index (χ4n) is 11.7. The molecule has 2 heteroatoms. The van der Waals surface area contributed by atoms with Crippen LogP contribution in [0.3, 0.4) is 0 Å². The van der Waals surface area contributed by atoms with Gasteiger partial charge < -0.3 is 9.80 Å². The topological polar surface area (TPSA) is 6.48 Å². The number of nitrogens with zero attached hydrogens (tertiary/aromatic N) is 2. The Morgan fingerprint density at radius 2 is 0.797 bits per heavy atom. The average molecular weight is 895 g/mol. The monoisotopic (exact) mass is 894 g/mol. The number of anilines is 6. The molecule has 0 heterocycles. The smallest absolute Gasteiger partial charge is 0.0543 e. The SMILES string of the molecule is Cc1ccc(N(c2ccccc2-c2ccccc2)c2cc3c(cc2-c2cccc(N(c4ccc(-c5ccccc5)cc4)c4ccc5c(c4)C(C)(C)c4ccccc4-5)c2)C(C)(C)C(C)(C)C3(C)C)cc1. The van der Waals surface area contributed by atoms with Gasteiger partial charge in [-0.15, -0.1) is 0 Å². The summed E-state index contributed by atoms with van der Waals surface area (Å²) < 4.78 is 0. The highest BCUT2D eigenvalue weighted by molar-refractivity contribution is 5.96. The molecule has 0 atom stereocenters. The van der Waals surface area contributed by atoms with E-state index in [4.69, 9.17) is 0 Å². The number of aryl methyl sites for hydroxylation is 1. The number of para-hydroxylation sites is 1. The van der Waals surface area contributed by atoms with Crippen LogP contribution in [0.15, 0.2) is 212 Å². The molecular weight excluding hydrogens is 833 g/mol. The highest BCUT2D eigenvalue weighted by Gasteiger charge is 2.57. The molecule has 0 radical (unpaired) electrons. The van der Waals surface area contributed by atoms with E-state index >= 15 is 0 Å². The van der Waals surface area contributed by atoms with E-state index in [1.165, 1.54) is 66.8 Å². The summed E-state index contributed by atoms with van der Waals surface area (Å²) in [6.07, 6.45) is 0. The lowest BCUT2D eigenvalue weighted by molar-refractivity contribution is 0.125. The van der Waals surface area contributed by atoms with E-state index in [2.05, 4.69) is 284 Å². The zero-order valence-corrected chi connectivity index (χ0v) is 41.6. The van der Waals surface area contributed by atoms with E-state index in [1.807, 2.05) is 0 Å². The molecule has 340 valence electrons. The van der Waals surface area contributed by atoms with Gasteiger partial charge in [-0.1, -0.05) is 207 Å². The Bertz CT molecular complexity index is 3370. The molecule has 0 saturated heterocycles. The maximum absolute atomic E-state index is 2.56. The Balaban J connectivity index is 1.15. The number of hydrogen-bond donors (Lipinski definition) is 0. The van der Waals surface area contributed by atoms with Gasteiger partial charge in [-0.3, -0.25) is 0 Å². The van der Waals surface area contributed by atoms with Crippen molar-refractivity contribution in [1.29, 1.82) is 0 Å². The van der Waals surface area contributed by atoms with Gasteiger partial charge >= 0.3 is 0 Å². The molecule has 69 heavy (non-hydrogen) atoms. The third-order valence-electron chi connectivity index (χ3n) is 16.8. The third-order valence-corrected chi connectivity index (χ3v) is 16.8. The Morgan fingerprint density at radius 1 is 0.290 bits per heavy atom. The van der Waals surface area contributed by atoms with Crippen molar-refractivity contribution in [2.45, 2.75) is 78.6 Å². The van der Waals surface area contributed by atoms with Crippen LogP contribution in [-0.4, -0.2) is 0 Å². The van der Waals surface area contributed by atoms with Crippen LogP contribution < -0.4 is 9.80 Å². The van der Waals surface area contributed by atoms with Crippen LogP contribution in [0.5, 0.6) is 0 Å². The first-order valence-electron chi connectivity index (χ1n) is 24.7. The molecule has 0 spiro atoms. The molecule has 2 aliphatic carbocycles. The molecule has 0 aliphatic heterocycles. The van der Waals surface area contributed by atoms with Crippen LogP contribution in [0.25, 0.3) is 44.5 Å². The van der Waals surface area contributed by atoms with E-state index in [0.717, 1.165) is 39.7 Å². The van der Waals surface area contributed by atoms with Gasteiger partial charge in [-0.25, -0.2) is 0 Å². The van der Waals surface area contributed by atoms with Crippen molar-refractivity contribution in [1.82, 2.24) is 0 Å². The summed E-state index contributed by atoms with van der Waals surface area (Å²) in [5.41, 5.74) is 23.0. The predicted octanol–water partition coefficient (Wildman–Crippen LogP) is 18.8. The maximum Gasteiger partial charge on any atom is 0.0543 e. The van der Waals surface area contributed by atoms with Crippen molar-refractivity contribution < 1.29 is 0 Å². The summed E-state index contributed by atoms with van der Waals surface area (Å²) >= 11 is 0. The van der Waals surface area contributed by atoms with Crippen molar-refractivity contribution >= 4 is 34.1 Å². The minimum absolute atomic E-state index is 0.0274. The molecule has 0 bridgehead atoms. The van der Waals surface area contributed by atoms with Crippen LogP contribution in [0.1, 0.15) is 83.2 Å². The molecule has 9 aromatic rings. The van der Waals surface area contributed by atoms with E-state index in [9.17, 15) is 0 Å². The second-order valence-corrected chi connectivity index (χ2v) is 21.5. The minimum atomic E-state index is -0.143. The molecule has 0 amide bonds. The Morgan fingerprint density at radius 3 is 1.49 bits per heavy atom. The van der Waals surface area contributed by atoms with Crippen LogP contribution in [-0.2, 0) is 16.2 Å². The van der Waals surface area contributed by atoms with Gasteiger partial charge in [0.1, 0.15) is 0 Å². The lowest BCUT2D eigenvalue weighted by Gasteiger charge is -2.44. The van der Waals surface area contributed by atoms with E-state index in [0.29, 0.717) is 0 Å². The van der Waals surface area contributed by atoms with Crippen molar-refractivity contribution in [3.63, 3.8) is 0 Å². The van der Waals surface area contributed by atoms with Crippen molar-refractivity contribution in [2.75, 3.05) is 9.80 Å². The number of hydrogen-bond acceptors (Lipinski definition) is 2. The molecule has 0 N–H and O–H groups in total. The Labute approximate surface area is 410 Å². The summed E-state index contributed by atoms with van der Waals surface area (Å²) in [6, 6.07) is 79.1. The van der Waals surface area contributed by atoms with Gasteiger partial charge in [0.05, 0.1) is 11.4 Å². The van der Waals surface area contributed by atoms with E-state index in [-0.39, 0.29) is 21.7 Å². The first-order valence-corrected chi connectivity index (χ1v) is 24.7. The zero-order valence-electron chi connectivity index (χ0n) is 41.6. The Kier molecular flexibility index (Phi) is 10.5. The molecule has 9 aromatic carbocycles. The van der Waals surface area contributed by atoms with Crippen LogP contribution in [0.4, 0.5) is 34.1 Å². The summed E-state index contributed by atoms with van der Waals surface area (Å²) in [4.78, 5) is 4.99. The fraction of sp³-hybridized carbons (Fsp3) is 0.194. The van der Waals surface area contributed by atoms with Crippen LogP contribution >= 0.6 is 0 Å². The number of benzene rings is 9. The summed E-state index contributed by atoms with van der Waals surface area (Å²) in [6.45, 7) is 21.7. The standard InChI is InChI=1S/C67H62N2/c1-45-31-35-51(36-32-45)69(62-30-19-17-27-54(62)48-23-14-11-15-24-48)63-44-61-60(65(4,5)67(8,9)66(61,6)7)43-57(63)49-25-20-26-52(41-49)68(50-37-33-47(34-38-50)46-21-12-10-13-22-46)53-39-40-56-55-28-16-18-29-58(55)64(2,3)59(56)42-53/h10-44H,1-9H3. The normalized spacial score (nSPS) is 15.5. The van der Waals surface area contributed by atoms with Crippen LogP contribution in [0, 0.1) is 12.3 Å². The first-order chi connectivity index (χ1) is 33.2. The molecule has 0 aromatic heterocycles. The third kappa shape index (κ3) is 7.06. The molecule has 2 aliphatic rings. The summed E-state index contributed by atoms with van der Waals surface area (Å²) in [5.74, 6) is 0. The van der Waals surface area contributed by atoms with Crippen molar-refractivity contribution in [3.8, 4) is 44.5 Å². The lowest BCUT2D eigenvalue weighted by atomic mass is 9.59. The average Bonchev–Trinajstić information content (AvgIpc) is 3.65. The highest BCUT2D eigenvalue weighted by Crippen LogP contribution is 2.63. The second-order valence-electron chi connectivity index (χ2n) is 21.5. The van der Waals surface area contributed by atoms with Gasteiger partial charge in [0.25, 0.3) is 0 Å². The second kappa shape index (κ2) is 16.4. The molecular formula is C67H62N2. The fourth-order valence-corrected chi connectivity index (χ4v) is 11.7. The van der Waals surface area contributed by atoms with Crippen LogP contribution in [0.2, 0.25) is 0 Å². The number of rotatable bonds is 9. The quantitative estimate of drug-likeness (QED) is 0.142. The van der Waals surface area contributed by atoms with E-state index in [1.54, 1.807) is 0 Å². The van der Waals surface area contributed by atoms with Crippen molar-refractivity contribution in [2.24, 2.45) is 5.41 Å². The molecule has 0 unspecified atom stereocenters. The van der Waals surface area contributed by atoms with Crippen molar-refractivity contribution in [3.05, 3.63) is 240 Å². The van der Waals surface area contributed by atoms with Gasteiger partial charge in [-0.2, -0.15) is 0 Å². The first kappa shape index (κ1) is 44.1. The predicted molar refractivity (Wildman–Crippen MR) is 294 cm³/mol. The minimum Gasteiger partial charge on any atom is -0.310 e. The Hall–Kier alpha value is -7.42. The van der Waals surface area contributed by atoms with Gasteiger partial charge in [0.2, 0.25) is 0 Å². The lowest BCUT2D eigenvalue weighted by Crippen LogP contribution is -2.42. The molecule has 2 nitrogen and oxygen atoms in total. The zero-order chi connectivity index (χ0) is 47.9. The van der Waals surface area contributed by atoms with Gasteiger partial charge in [0, 0.05) is 39.3 Å². The molecule has 0 fully saturated rings. The summed E-state index contributed by atoms with van der Waals surface area (Å²) in [5, 5.41) is 0. The largest absolute Gasteiger partial charge is 0.310 e.